The fraction of sp³-hybridized carbons (Fsp3) is 0.316. The summed E-state index contributed by atoms with van der Waals surface area (Å²) in [5.41, 5.74) is 2.02. The lowest BCUT2D eigenvalue weighted by atomic mass is 10.2. The molecule has 126 valence electrons. The molecular formula is C19H22IN3O. The maximum Gasteiger partial charge on any atom is 0.251 e. The Morgan fingerprint density at radius 1 is 0.958 bits per heavy atom. The van der Waals surface area contributed by atoms with Crippen molar-refractivity contribution in [2.24, 2.45) is 0 Å². The number of para-hydroxylation sites is 1. The average molecular weight is 435 g/mol. The van der Waals surface area contributed by atoms with E-state index in [1.165, 1.54) is 5.69 Å². The van der Waals surface area contributed by atoms with Gasteiger partial charge in [0.05, 0.1) is 0 Å². The van der Waals surface area contributed by atoms with E-state index in [0.29, 0.717) is 6.54 Å². The zero-order valence-electron chi connectivity index (χ0n) is 13.6. The summed E-state index contributed by atoms with van der Waals surface area (Å²) in [6.07, 6.45) is 0. The minimum Gasteiger partial charge on any atom is -0.369 e. The third-order valence-electron chi connectivity index (χ3n) is 4.31. The van der Waals surface area contributed by atoms with Gasteiger partial charge in [0.1, 0.15) is 0 Å². The van der Waals surface area contributed by atoms with Gasteiger partial charge in [0.2, 0.25) is 0 Å². The number of hydrogen-bond donors (Lipinski definition) is 1. The van der Waals surface area contributed by atoms with Crippen LogP contribution in [0.25, 0.3) is 0 Å². The predicted octanol–water partition coefficient (Wildman–Crippen LogP) is 2.84. The van der Waals surface area contributed by atoms with Crippen molar-refractivity contribution in [2.45, 2.75) is 0 Å². The van der Waals surface area contributed by atoms with Crippen LogP contribution in [0.2, 0.25) is 0 Å². The first kappa shape index (κ1) is 17.2. The van der Waals surface area contributed by atoms with E-state index >= 15 is 0 Å². The third kappa shape index (κ3) is 4.70. The molecule has 2 aromatic rings. The van der Waals surface area contributed by atoms with Gasteiger partial charge in [0, 0.05) is 54.1 Å². The Morgan fingerprint density at radius 3 is 2.29 bits per heavy atom. The topological polar surface area (TPSA) is 35.6 Å². The number of rotatable bonds is 5. The van der Waals surface area contributed by atoms with Gasteiger partial charge in [-0.2, -0.15) is 0 Å². The van der Waals surface area contributed by atoms with E-state index in [-0.39, 0.29) is 5.91 Å². The second kappa shape index (κ2) is 8.48. The third-order valence-corrected chi connectivity index (χ3v) is 5.03. The van der Waals surface area contributed by atoms with E-state index in [1.54, 1.807) is 0 Å². The minimum absolute atomic E-state index is 0.00863. The Morgan fingerprint density at radius 2 is 1.62 bits per heavy atom. The van der Waals surface area contributed by atoms with Crippen molar-refractivity contribution in [1.29, 1.82) is 0 Å². The summed E-state index contributed by atoms with van der Waals surface area (Å²) >= 11 is 2.24. The molecule has 24 heavy (non-hydrogen) atoms. The van der Waals surface area contributed by atoms with Gasteiger partial charge in [0.25, 0.3) is 5.91 Å². The first-order chi connectivity index (χ1) is 11.7. The van der Waals surface area contributed by atoms with Crippen LogP contribution in [0.15, 0.2) is 54.6 Å². The largest absolute Gasteiger partial charge is 0.369 e. The molecule has 1 N–H and O–H groups in total. The standard InChI is InChI=1S/C19H22IN3O/c20-17-8-6-16(7-9-17)19(24)21-10-11-22-12-14-23(15-13-22)18-4-2-1-3-5-18/h1-9H,10-15H2,(H,21,24). The fourth-order valence-corrected chi connectivity index (χ4v) is 3.26. The molecule has 3 rings (SSSR count). The Bertz CT molecular complexity index is 652. The van der Waals surface area contributed by atoms with Crippen molar-refractivity contribution in [3.05, 3.63) is 63.7 Å². The number of carbonyl (C=O) groups excluding carboxylic acids is 1. The van der Waals surface area contributed by atoms with Crippen LogP contribution in [0.4, 0.5) is 5.69 Å². The summed E-state index contributed by atoms with van der Waals surface area (Å²) in [6, 6.07) is 18.2. The molecule has 0 aromatic heterocycles. The molecule has 0 saturated carbocycles. The number of piperazine rings is 1. The summed E-state index contributed by atoms with van der Waals surface area (Å²) in [7, 11) is 0. The van der Waals surface area contributed by atoms with Crippen LogP contribution in [-0.2, 0) is 0 Å². The van der Waals surface area contributed by atoms with Crippen LogP contribution in [0.1, 0.15) is 10.4 Å². The van der Waals surface area contributed by atoms with Gasteiger partial charge >= 0.3 is 0 Å². The zero-order chi connectivity index (χ0) is 16.8. The SMILES string of the molecule is O=C(NCCN1CCN(c2ccccc2)CC1)c1ccc(I)cc1. The van der Waals surface area contributed by atoms with Crippen molar-refractivity contribution < 1.29 is 4.79 Å². The average Bonchev–Trinajstić information content (AvgIpc) is 2.63. The molecule has 5 heteroatoms. The quantitative estimate of drug-likeness (QED) is 0.734. The smallest absolute Gasteiger partial charge is 0.251 e. The number of amides is 1. The number of halogens is 1. The molecule has 1 aliphatic heterocycles. The molecule has 0 spiro atoms. The van der Waals surface area contributed by atoms with E-state index < -0.39 is 0 Å². The molecule has 0 atom stereocenters. The molecule has 1 heterocycles. The number of nitrogens with one attached hydrogen (secondary N) is 1. The van der Waals surface area contributed by atoms with E-state index in [0.717, 1.165) is 41.9 Å². The number of benzene rings is 2. The van der Waals surface area contributed by atoms with Crippen molar-refractivity contribution >= 4 is 34.2 Å². The minimum atomic E-state index is 0.00863. The molecule has 1 amide bonds. The maximum absolute atomic E-state index is 12.1. The van der Waals surface area contributed by atoms with Gasteiger partial charge in [-0.1, -0.05) is 18.2 Å². The molecular weight excluding hydrogens is 413 g/mol. The highest BCUT2D eigenvalue weighted by Crippen LogP contribution is 2.15. The van der Waals surface area contributed by atoms with Gasteiger partial charge in [-0.25, -0.2) is 0 Å². The number of anilines is 1. The Labute approximate surface area is 157 Å². The van der Waals surface area contributed by atoms with Gasteiger partial charge in [0.15, 0.2) is 0 Å². The summed E-state index contributed by atoms with van der Waals surface area (Å²) in [6.45, 7) is 5.74. The summed E-state index contributed by atoms with van der Waals surface area (Å²) in [4.78, 5) is 16.9. The van der Waals surface area contributed by atoms with Crippen LogP contribution in [0, 0.1) is 3.57 Å². The van der Waals surface area contributed by atoms with Crippen molar-refractivity contribution in [3.63, 3.8) is 0 Å². The molecule has 0 unspecified atom stereocenters. The highest BCUT2D eigenvalue weighted by molar-refractivity contribution is 14.1. The van der Waals surface area contributed by atoms with Gasteiger partial charge in [-0.15, -0.1) is 0 Å². The molecule has 0 radical (unpaired) electrons. The van der Waals surface area contributed by atoms with Crippen molar-refractivity contribution in [2.75, 3.05) is 44.2 Å². The van der Waals surface area contributed by atoms with Crippen LogP contribution < -0.4 is 10.2 Å². The van der Waals surface area contributed by atoms with Crippen LogP contribution in [-0.4, -0.2) is 50.1 Å². The molecule has 1 aliphatic rings. The molecule has 1 saturated heterocycles. The molecule has 2 aromatic carbocycles. The highest BCUT2D eigenvalue weighted by Gasteiger charge is 2.16. The second-order valence-electron chi connectivity index (χ2n) is 5.93. The van der Waals surface area contributed by atoms with Gasteiger partial charge in [-0.3, -0.25) is 9.69 Å². The monoisotopic (exact) mass is 435 g/mol. The van der Waals surface area contributed by atoms with E-state index in [9.17, 15) is 4.79 Å². The summed E-state index contributed by atoms with van der Waals surface area (Å²) in [5, 5.41) is 3.01. The molecule has 4 nitrogen and oxygen atoms in total. The maximum atomic E-state index is 12.1. The normalized spacial score (nSPS) is 15.3. The number of nitrogens with zero attached hydrogens (tertiary/aromatic N) is 2. The van der Waals surface area contributed by atoms with Gasteiger partial charge in [-0.05, 0) is 59.0 Å². The Kier molecular flexibility index (Phi) is 6.09. The van der Waals surface area contributed by atoms with Crippen molar-refractivity contribution in [1.82, 2.24) is 10.2 Å². The summed E-state index contributed by atoms with van der Waals surface area (Å²) in [5.74, 6) is 0.00863. The van der Waals surface area contributed by atoms with Crippen LogP contribution in [0.3, 0.4) is 0 Å². The first-order valence-corrected chi connectivity index (χ1v) is 9.36. The fourth-order valence-electron chi connectivity index (χ4n) is 2.90. The van der Waals surface area contributed by atoms with Crippen LogP contribution in [0.5, 0.6) is 0 Å². The van der Waals surface area contributed by atoms with Gasteiger partial charge < -0.3 is 10.2 Å². The molecule has 1 fully saturated rings. The lowest BCUT2D eigenvalue weighted by molar-refractivity contribution is 0.0948. The van der Waals surface area contributed by atoms with Crippen molar-refractivity contribution in [3.8, 4) is 0 Å². The second-order valence-corrected chi connectivity index (χ2v) is 7.17. The highest BCUT2D eigenvalue weighted by atomic mass is 127. The Balaban J connectivity index is 1.39. The Hall–Kier alpha value is -1.60. The number of hydrogen-bond acceptors (Lipinski definition) is 3. The predicted molar refractivity (Wildman–Crippen MR) is 107 cm³/mol. The van der Waals surface area contributed by atoms with Crippen LogP contribution >= 0.6 is 22.6 Å². The van der Waals surface area contributed by atoms with E-state index in [2.05, 4.69) is 68.0 Å². The lowest BCUT2D eigenvalue weighted by Crippen LogP contribution is -2.48. The number of carbonyl (C=O) groups is 1. The zero-order valence-corrected chi connectivity index (χ0v) is 15.8. The van der Waals surface area contributed by atoms with E-state index in [4.69, 9.17) is 0 Å². The van der Waals surface area contributed by atoms with E-state index in [1.807, 2.05) is 24.3 Å². The summed E-state index contributed by atoms with van der Waals surface area (Å²) < 4.78 is 1.14. The first-order valence-electron chi connectivity index (χ1n) is 8.28. The lowest BCUT2D eigenvalue weighted by Gasteiger charge is -2.36. The molecule has 0 aliphatic carbocycles. The molecule has 0 bridgehead atoms.